The van der Waals surface area contributed by atoms with Crippen molar-refractivity contribution < 1.29 is 9.18 Å². The summed E-state index contributed by atoms with van der Waals surface area (Å²) in [5.41, 5.74) is 6.82. The van der Waals surface area contributed by atoms with Gasteiger partial charge in [0.05, 0.1) is 5.02 Å². The molecule has 3 nitrogen and oxygen atoms in total. The molecule has 3 N–H and O–H groups in total. The van der Waals surface area contributed by atoms with Gasteiger partial charge in [0.2, 0.25) is 5.91 Å². The predicted octanol–water partition coefficient (Wildman–Crippen LogP) is 3.19. The Hall–Kier alpha value is -2.07. The van der Waals surface area contributed by atoms with Crippen LogP contribution in [0, 0.1) is 5.82 Å². The van der Waals surface area contributed by atoms with E-state index < -0.39 is 11.7 Å². The Morgan fingerprint density at radius 2 is 1.89 bits per heavy atom. The molecule has 5 heteroatoms. The number of rotatable bonds is 4. The lowest BCUT2D eigenvalue weighted by Gasteiger charge is -2.08. The number of anilines is 1. The molecule has 0 aliphatic heterocycles. The summed E-state index contributed by atoms with van der Waals surface area (Å²) in [4.78, 5) is 10.9. The lowest BCUT2D eigenvalue weighted by Crippen LogP contribution is -2.10. The number of halogens is 2. The fourth-order valence-electron chi connectivity index (χ4n) is 1.63. The number of hydrogen-bond acceptors (Lipinski definition) is 2. The highest BCUT2D eigenvalue weighted by Crippen LogP contribution is 2.19. The third-order valence-corrected chi connectivity index (χ3v) is 2.98. The van der Waals surface area contributed by atoms with Crippen LogP contribution in [-0.4, -0.2) is 5.91 Å². The zero-order valence-electron chi connectivity index (χ0n) is 9.99. The van der Waals surface area contributed by atoms with Crippen LogP contribution in [0.3, 0.4) is 0 Å². The van der Waals surface area contributed by atoms with Gasteiger partial charge in [0.15, 0.2) is 0 Å². The van der Waals surface area contributed by atoms with Gasteiger partial charge in [-0.15, -0.1) is 0 Å². The third kappa shape index (κ3) is 3.23. The summed E-state index contributed by atoms with van der Waals surface area (Å²) in [7, 11) is 0. The molecule has 0 saturated carbocycles. The smallest absolute Gasteiger partial charge is 0.248 e. The summed E-state index contributed by atoms with van der Waals surface area (Å²) in [6, 6.07) is 11.5. The molecule has 0 unspecified atom stereocenters. The van der Waals surface area contributed by atoms with Gasteiger partial charge in [0.25, 0.3) is 0 Å². The van der Waals surface area contributed by atoms with E-state index in [-0.39, 0.29) is 5.02 Å². The minimum Gasteiger partial charge on any atom is -0.381 e. The number of carbonyl (C=O) groups excluding carboxylic acids is 1. The minimum absolute atomic E-state index is 0.100. The largest absolute Gasteiger partial charge is 0.381 e. The van der Waals surface area contributed by atoms with E-state index in [1.807, 2.05) is 0 Å². The van der Waals surface area contributed by atoms with Crippen LogP contribution in [0.1, 0.15) is 15.9 Å². The lowest BCUT2D eigenvalue weighted by molar-refractivity contribution is 0.100. The number of carbonyl (C=O) groups is 1. The number of nitrogens with one attached hydrogen (secondary N) is 1. The first kappa shape index (κ1) is 13.4. The SMILES string of the molecule is NC(=O)c1ccc(NCc2cccc(Cl)c2F)cc1. The Bertz CT molecular complexity index is 599. The van der Waals surface area contributed by atoms with E-state index in [1.54, 1.807) is 36.4 Å². The molecule has 2 rings (SSSR count). The number of nitrogens with two attached hydrogens (primary N) is 1. The molecule has 0 heterocycles. The minimum atomic E-state index is -0.479. The number of benzene rings is 2. The highest BCUT2D eigenvalue weighted by atomic mass is 35.5. The maximum Gasteiger partial charge on any atom is 0.248 e. The second-order valence-electron chi connectivity index (χ2n) is 4.01. The molecule has 1 amide bonds. The fourth-order valence-corrected chi connectivity index (χ4v) is 1.83. The topological polar surface area (TPSA) is 55.1 Å². The van der Waals surface area contributed by atoms with Gasteiger partial charge in [0.1, 0.15) is 5.82 Å². The van der Waals surface area contributed by atoms with Crippen molar-refractivity contribution in [2.24, 2.45) is 5.73 Å². The van der Waals surface area contributed by atoms with Gasteiger partial charge in [-0.25, -0.2) is 4.39 Å². The summed E-state index contributed by atoms with van der Waals surface area (Å²) in [5, 5.41) is 3.14. The molecule has 0 aromatic heterocycles. The normalized spacial score (nSPS) is 10.2. The molecule has 0 aliphatic carbocycles. The Labute approximate surface area is 115 Å². The molecule has 2 aromatic rings. The van der Waals surface area contributed by atoms with Gasteiger partial charge < -0.3 is 11.1 Å². The summed E-state index contributed by atoms with van der Waals surface area (Å²) in [5.74, 6) is -0.905. The van der Waals surface area contributed by atoms with E-state index in [0.717, 1.165) is 5.69 Å². The second kappa shape index (κ2) is 5.71. The average molecular weight is 279 g/mol. The summed E-state index contributed by atoms with van der Waals surface area (Å²) < 4.78 is 13.6. The molecule has 0 spiro atoms. The maximum atomic E-state index is 13.6. The molecule has 2 aromatic carbocycles. The van der Waals surface area contributed by atoms with E-state index in [0.29, 0.717) is 17.7 Å². The molecule has 19 heavy (non-hydrogen) atoms. The summed E-state index contributed by atoms with van der Waals surface area (Å²) >= 11 is 5.70. The van der Waals surface area contributed by atoms with E-state index in [2.05, 4.69) is 5.32 Å². The van der Waals surface area contributed by atoms with E-state index in [4.69, 9.17) is 17.3 Å². The predicted molar refractivity (Wildman–Crippen MR) is 73.7 cm³/mol. The molecule has 98 valence electrons. The van der Waals surface area contributed by atoms with Crippen molar-refractivity contribution in [3.8, 4) is 0 Å². The Morgan fingerprint density at radius 1 is 1.21 bits per heavy atom. The molecule has 0 atom stereocenters. The van der Waals surface area contributed by atoms with Gasteiger partial charge in [-0.05, 0) is 30.3 Å². The van der Waals surface area contributed by atoms with Gasteiger partial charge in [-0.2, -0.15) is 0 Å². The van der Waals surface area contributed by atoms with Crippen LogP contribution in [0.25, 0.3) is 0 Å². The van der Waals surface area contributed by atoms with E-state index >= 15 is 0 Å². The number of primary amides is 1. The van der Waals surface area contributed by atoms with Crippen LogP contribution in [0.5, 0.6) is 0 Å². The average Bonchev–Trinajstić information content (AvgIpc) is 2.41. The Balaban J connectivity index is 2.06. The highest BCUT2D eigenvalue weighted by molar-refractivity contribution is 6.30. The molecular weight excluding hydrogens is 267 g/mol. The van der Waals surface area contributed by atoms with Crippen molar-refractivity contribution in [1.82, 2.24) is 0 Å². The summed E-state index contributed by atoms with van der Waals surface area (Å²) in [6.07, 6.45) is 0. The third-order valence-electron chi connectivity index (χ3n) is 2.68. The van der Waals surface area contributed by atoms with Gasteiger partial charge in [-0.1, -0.05) is 23.7 Å². The zero-order valence-corrected chi connectivity index (χ0v) is 10.7. The zero-order chi connectivity index (χ0) is 13.8. The van der Waals surface area contributed by atoms with Crippen LogP contribution >= 0.6 is 11.6 Å². The molecule has 0 radical (unpaired) electrons. The van der Waals surface area contributed by atoms with Crippen LogP contribution in [0.2, 0.25) is 5.02 Å². The second-order valence-corrected chi connectivity index (χ2v) is 4.42. The van der Waals surface area contributed by atoms with Gasteiger partial charge >= 0.3 is 0 Å². The highest BCUT2D eigenvalue weighted by Gasteiger charge is 2.06. The van der Waals surface area contributed by atoms with E-state index in [1.165, 1.54) is 6.07 Å². The molecular formula is C14H12ClFN2O. The van der Waals surface area contributed by atoms with Gasteiger partial charge in [-0.3, -0.25) is 4.79 Å². The van der Waals surface area contributed by atoms with Crippen molar-refractivity contribution >= 4 is 23.2 Å². The van der Waals surface area contributed by atoms with E-state index in [9.17, 15) is 9.18 Å². The van der Waals surface area contributed by atoms with Gasteiger partial charge in [0, 0.05) is 23.4 Å². The quantitative estimate of drug-likeness (QED) is 0.902. The Kier molecular flexibility index (Phi) is 4.02. The maximum absolute atomic E-state index is 13.6. The van der Waals surface area contributed by atoms with Crippen molar-refractivity contribution in [3.05, 3.63) is 64.4 Å². The van der Waals surface area contributed by atoms with Crippen LogP contribution in [0.4, 0.5) is 10.1 Å². The van der Waals surface area contributed by atoms with Crippen LogP contribution in [0.15, 0.2) is 42.5 Å². The molecule has 0 aliphatic rings. The first-order chi connectivity index (χ1) is 9.08. The van der Waals surface area contributed by atoms with Crippen molar-refractivity contribution in [1.29, 1.82) is 0 Å². The molecule has 0 bridgehead atoms. The number of hydrogen-bond donors (Lipinski definition) is 2. The monoisotopic (exact) mass is 278 g/mol. The Morgan fingerprint density at radius 3 is 2.53 bits per heavy atom. The van der Waals surface area contributed by atoms with Crippen molar-refractivity contribution in [3.63, 3.8) is 0 Å². The fraction of sp³-hybridized carbons (Fsp3) is 0.0714. The van der Waals surface area contributed by atoms with Crippen molar-refractivity contribution in [2.45, 2.75) is 6.54 Å². The van der Waals surface area contributed by atoms with Crippen molar-refractivity contribution in [2.75, 3.05) is 5.32 Å². The summed E-state index contributed by atoms with van der Waals surface area (Å²) in [6.45, 7) is 0.308. The number of amides is 1. The van der Waals surface area contributed by atoms with Crippen LogP contribution in [-0.2, 0) is 6.54 Å². The standard InChI is InChI=1S/C14H12ClFN2O/c15-12-3-1-2-10(13(12)16)8-18-11-6-4-9(5-7-11)14(17)19/h1-7,18H,8H2,(H2,17,19). The van der Waals surface area contributed by atoms with Crippen LogP contribution < -0.4 is 11.1 Å². The lowest BCUT2D eigenvalue weighted by atomic mass is 10.2. The first-order valence-corrected chi connectivity index (χ1v) is 6.02. The first-order valence-electron chi connectivity index (χ1n) is 5.64. The molecule has 0 fully saturated rings. The molecule has 0 saturated heterocycles.